The molecule has 1 aliphatic rings. The summed E-state index contributed by atoms with van der Waals surface area (Å²) >= 11 is 3.33. The Balaban J connectivity index is 1.66. The molecular weight excluding hydrogens is 402 g/mol. The smallest absolute Gasteiger partial charge is 0.322 e. The van der Waals surface area contributed by atoms with Crippen molar-refractivity contribution in [1.29, 1.82) is 0 Å². The summed E-state index contributed by atoms with van der Waals surface area (Å²) in [5.74, 6) is -0.211. The average molecular weight is 418 g/mol. The molecule has 0 spiro atoms. The van der Waals surface area contributed by atoms with Gasteiger partial charge in [0.05, 0.1) is 0 Å². The van der Waals surface area contributed by atoms with Gasteiger partial charge in [0.25, 0.3) is 11.8 Å². The average Bonchev–Trinajstić information content (AvgIpc) is 2.86. The van der Waals surface area contributed by atoms with E-state index in [0.717, 1.165) is 4.47 Å². The Morgan fingerprint density at radius 3 is 2.65 bits per heavy atom. The monoisotopic (exact) mass is 417 g/mol. The van der Waals surface area contributed by atoms with E-state index in [-0.39, 0.29) is 12.5 Å². The number of hydrogen-bond donors (Lipinski definition) is 3. The van der Waals surface area contributed by atoms with Crippen LogP contribution in [-0.4, -0.2) is 24.5 Å². The van der Waals surface area contributed by atoms with Gasteiger partial charge >= 0.3 is 6.03 Å². The SMILES string of the molecule is C[C@]1(c2cccc(NC(=O)COc3cccc(Br)c3)c2)NC(=O)NC1=O. The predicted octanol–water partition coefficient (Wildman–Crippen LogP) is 2.52. The molecule has 0 aromatic heterocycles. The second kappa shape index (κ2) is 7.17. The number of imide groups is 1. The van der Waals surface area contributed by atoms with Gasteiger partial charge in [-0.15, -0.1) is 0 Å². The summed E-state index contributed by atoms with van der Waals surface area (Å²) in [5.41, 5.74) is -0.114. The molecule has 134 valence electrons. The third-order valence-electron chi connectivity index (χ3n) is 3.93. The van der Waals surface area contributed by atoms with Crippen molar-refractivity contribution in [1.82, 2.24) is 10.6 Å². The van der Waals surface area contributed by atoms with Gasteiger partial charge in [0.15, 0.2) is 6.61 Å². The number of carbonyl (C=O) groups excluding carboxylic acids is 3. The molecule has 1 heterocycles. The Hall–Kier alpha value is -2.87. The zero-order valence-corrected chi connectivity index (χ0v) is 15.4. The van der Waals surface area contributed by atoms with Crippen molar-refractivity contribution < 1.29 is 19.1 Å². The van der Waals surface area contributed by atoms with Gasteiger partial charge in [-0.05, 0) is 42.8 Å². The molecule has 0 aliphatic carbocycles. The summed E-state index contributed by atoms with van der Waals surface area (Å²) < 4.78 is 6.29. The fourth-order valence-corrected chi connectivity index (χ4v) is 2.94. The fourth-order valence-electron chi connectivity index (χ4n) is 2.56. The molecule has 2 aromatic carbocycles. The number of anilines is 1. The van der Waals surface area contributed by atoms with Gasteiger partial charge < -0.3 is 15.4 Å². The van der Waals surface area contributed by atoms with Gasteiger partial charge in [-0.3, -0.25) is 14.9 Å². The van der Waals surface area contributed by atoms with Crippen LogP contribution in [0.5, 0.6) is 5.75 Å². The fraction of sp³-hybridized carbons (Fsp3) is 0.167. The lowest BCUT2D eigenvalue weighted by Crippen LogP contribution is -2.40. The zero-order valence-electron chi connectivity index (χ0n) is 13.8. The van der Waals surface area contributed by atoms with E-state index in [1.54, 1.807) is 43.3 Å². The van der Waals surface area contributed by atoms with E-state index >= 15 is 0 Å². The van der Waals surface area contributed by atoms with E-state index in [9.17, 15) is 14.4 Å². The summed E-state index contributed by atoms with van der Waals surface area (Å²) in [5, 5.41) is 7.51. The second-order valence-corrected chi connectivity index (χ2v) is 6.82. The van der Waals surface area contributed by atoms with Crippen LogP contribution in [0.25, 0.3) is 0 Å². The first-order chi connectivity index (χ1) is 12.4. The van der Waals surface area contributed by atoms with Crippen LogP contribution >= 0.6 is 15.9 Å². The first-order valence-corrected chi connectivity index (χ1v) is 8.58. The quantitative estimate of drug-likeness (QED) is 0.651. The Morgan fingerprint density at radius 1 is 1.19 bits per heavy atom. The van der Waals surface area contributed by atoms with Crippen LogP contribution in [0.1, 0.15) is 12.5 Å². The second-order valence-electron chi connectivity index (χ2n) is 5.91. The van der Waals surface area contributed by atoms with E-state index in [2.05, 4.69) is 31.9 Å². The van der Waals surface area contributed by atoms with Gasteiger partial charge in [0.2, 0.25) is 0 Å². The molecule has 8 heteroatoms. The zero-order chi connectivity index (χ0) is 18.7. The van der Waals surface area contributed by atoms with Crippen LogP contribution in [0.15, 0.2) is 53.0 Å². The minimum absolute atomic E-state index is 0.158. The maximum absolute atomic E-state index is 12.1. The first-order valence-electron chi connectivity index (χ1n) is 7.79. The topological polar surface area (TPSA) is 96.5 Å². The third-order valence-corrected chi connectivity index (χ3v) is 4.43. The van der Waals surface area contributed by atoms with Crippen molar-refractivity contribution in [2.24, 2.45) is 0 Å². The molecule has 0 bridgehead atoms. The van der Waals surface area contributed by atoms with Crippen molar-refractivity contribution in [2.45, 2.75) is 12.5 Å². The van der Waals surface area contributed by atoms with Crippen LogP contribution in [0.4, 0.5) is 10.5 Å². The minimum atomic E-state index is -1.18. The summed E-state index contributed by atoms with van der Waals surface area (Å²) in [7, 11) is 0. The molecule has 1 aliphatic heterocycles. The summed E-state index contributed by atoms with van der Waals surface area (Å²) in [6.07, 6.45) is 0. The number of carbonyl (C=O) groups is 3. The molecule has 3 rings (SSSR count). The molecule has 4 amide bonds. The Morgan fingerprint density at radius 2 is 1.96 bits per heavy atom. The highest BCUT2D eigenvalue weighted by Crippen LogP contribution is 2.26. The van der Waals surface area contributed by atoms with Crippen molar-refractivity contribution in [2.75, 3.05) is 11.9 Å². The third kappa shape index (κ3) is 3.85. The summed E-state index contributed by atoms with van der Waals surface area (Å²) in [6.45, 7) is 1.44. The largest absolute Gasteiger partial charge is 0.484 e. The molecule has 0 unspecified atom stereocenters. The van der Waals surface area contributed by atoms with E-state index < -0.39 is 17.5 Å². The number of nitrogens with one attached hydrogen (secondary N) is 3. The number of amides is 4. The molecule has 1 fully saturated rings. The van der Waals surface area contributed by atoms with E-state index in [1.165, 1.54) is 0 Å². The molecule has 0 saturated carbocycles. The van der Waals surface area contributed by atoms with E-state index in [0.29, 0.717) is 17.0 Å². The number of ether oxygens (including phenoxy) is 1. The molecule has 1 saturated heterocycles. The Kier molecular flexibility index (Phi) is 4.94. The van der Waals surface area contributed by atoms with Gasteiger partial charge in [-0.2, -0.15) is 0 Å². The van der Waals surface area contributed by atoms with E-state index in [1.807, 2.05) is 12.1 Å². The summed E-state index contributed by atoms with van der Waals surface area (Å²) in [4.78, 5) is 35.5. The maximum Gasteiger partial charge on any atom is 0.322 e. The lowest BCUT2D eigenvalue weighted by molar-refractivity contribution is -0.123. The van der Waals surface area contributed by atoms with Gasteiger partial charge in [-0.1, -0.05) is 34.1 Å². The molecule has 1 atom stereocenters. The number of halogens is 1. The lowest BCUT2D eigenvalue weighted by Gasteiger charge is -2.21. The number of rotatable bonds is 5. The van der Waals surface area contributed by atoms with Crippen molar-refractivity contribution in [3.63, 3.8) is 0 Å². The number of hydrogen-bond acceptors (Lipinski definition) is 4. The van der Waals surface area contributed by atoms with Crippen LogP contribution in [0.2, 0.25) is 0 Å². The first kappa shape index (κ1) is 17.9. The molecule has 3 N–H and O–H groups in total. The Labute approximate surface area is 158 Å². The standard InChI is InChI=1S/C18H16BrN3O4/c1-18(16(24)21-17(25)22-18)11-4-2-6-13(8-11)20-15(23)10-26-14-7-3-5-12(19)9-14/h2-9H,10H2,1H3,(H,20,23)(H2,21,22,24,25)/t18-/m1/s1. The molecular formula is C18H16BrN3O4. The molecule has 7 nitrogen and oxygen atoms in total. The van der Waals surface area contributed by atoms with Gasteiger partial charge in [-0.25, -0.2) is 4.79 Å². The van der Waals surface area contributed by atoms with Crippen LogP contribution in [0, 0.1) is 0 Å². The molecule has 2 aromatic rings. The minimum Gasteiger partial charge on any atom is -0.484 e. The van der Waals surface area contributed by atoms with Crippen molar-refractivity contribution in [3.05, 3.63) is 58.6 Å². The number of benzene rings is 2. The van der Waals surface area contributed by atoms with Gasteiger partial charge in [0.1, 0.15) is 11.3 Å². The number of urea groups is 1. The van der Waals surface area contributed by atoms with Crippen molar-refractivity contribution >= 4 is 39.5 Å². The van der Waals surface area contributed by atoms with Crippen LogP contribution in [-0.2, 0) is 15.1 Å². The maximum atomic E-state index is 12.1. The molecule has 26 heavy (non-hydrogen) atoms. The Bertz CT molecular complexity index is 886. The highest BCUT2D eigenvalue weighted by atomic mass is 79.9. The normalized spacial score (nSPS) is 18.8. The summed E-state index contributed by atoms with van der Waals surface area (Å²) in [6, 6.07) is 13.4. The predicted molar refractivity (Wildman–Crippen MR) is 98.7 cm³/mol. The molecule has 0 radical (unpaired) electrons. The van der Waals surface area contributed by atoms with E-state index in [4.69, 9.17) is 4.74 Å². The van der Waals surface area contributed by atoms with Crippen LogP contribution in [0.3, 0.4) is 0 Å². The lowest BCUT2D eigenvalue weighted by atomic mass is 9.92. The highest BCUT2D eigenvalue weighted by molar-refractivity contribution is 9.10. The van der Waals surface area contributed by atoms with Gasteiger partial charge in [0, 0.05) is 10.2 Å². The van der Waals surface area contributed by atoms with Crippen LogP contribution < -0.4 is 20.7 Å². The van der Waals surface area contributed by atoms with Crippen molar-refractivity contribution in [3.8, 4) is 5.75 Å². The highest BCUT2D eigenvalue weighted by Gasteiger charge is 2.43.